The summed E-state index contributed by atoms with van der Waals surface area (Å²) in [6.07, 6.45) is 8.24. The third-order valence-electron chi connectivity index (χ3n) is 4.84. The molecule has 0 radical (unpaired) electrons. The maximum absolute atomic E-state index is 6.54. The van der Waals surface area contributed by atoms with Crippen molar-refractivity contribution in [3.05, 3.63) is 28.8 Å². The molecule has 1 nitrogen and oxygen atoms in total. The topological polar surface area (TPSA) is 9.23 Å². The highest BCUT2D eigenvalue weighted by molar-refractivity contribution is 6.28. The van der Waals surface area contributed by atoms with Gasteiger partial charge < -0.3 is 3.79 Å². The molecule has 0 aromatic heterocycles. The van der Waals surface area contributed by atoms with Gasteiger partial charge in [-0.15, -0.1) is 0 Å². The molecule has 0 aliphatic carbocycles. The van der Waals surface area contributed by atoms with Gasteiger partial charge in [-0.05, 0) is 28.9 Å². The number of benzene rings is 1. The van der Waals surface area contributed by atoms with Crippen molar-refractivity contribution in [2.75, 3.05) is 0 Å². The van der Waals surface area contributed by atoms with Crippen LogP contribution in [0, 0.1) is 6.92 Å². The van der Waals surface area contributed by atoms with Crippen LogP contribution in [0.2, 0.25) is 5.28 Å². The average molecular weight is 361 g/mol. The molecule has 0 aliphatic rings. The van der Waals surface area contributed by atoms with E-state index in [2.05, 4.69) is 67.5 Å². The minimum atomic E-state index is -0.497. The minimum absolute atomic E-state index is 0.121. The van der Waals surface area contributed by atoms with E-state index < -0.39 is 15.6 Å². The lowest BCUT2D eigenvalue weighted by atomic mass is 9.78. The second-order valence-corrected chi connectivity index (χ2v) is 11.1. The van der Waals surface area contributed by atoms with E-state index >= 15 is 0 Å². The fourth-order valence-electron chi connectivity index (χ4n) is 3.28. The first-order chi connectivity index (χ1) is 11.6. The Hall–Kier alpha value is -0.448. The summed E-state index contributed by atoms with van der Waals surface area (Å²) >= 11 is -0.497. The van der Waals surface area contributed by atoms with Gasteiger partial charge in [0.15, 0.2) is 0 Å². The summed E-state index contributed by atoms with van der Waals surface area (Å²) in [6.45, 7) is 18.3. The number of hydrogen-bond acceptors (Lipinski definition) is 1. The predicted molar refractivity (Wildman–Crippen MR) is 115 cm³/mol. The van der Waals surface area contributed by atoms with Crippen molar-refractivity contribution in [2.45, 2.75) is 110 Å². The third kappa shape index (κ3) is 7.76. The lowest BCUT2D eigenvalue weighted by Crippen LogP contribution is -2.21. The van der Waals surface area contributed by atoms with E-state index in [0.717, 1.165) is 0 Å². The lowest BCUT2D eigenvalue weighted by Gasteiger charge is -2.31. The van der Waals surface area contributed by atoms with Crippen LogP contribution in [0.1, 0.15) is 104 Å². The number of rotatable bonds is 9. The zero-order valence-electron chi connectivity index (χ0n) is 18.2. The first kappa shape index (κ1) is 22.6. The van der Waals surface area contributed by atoms with Gasteiger partial charge in [-0.3, -0.25) is 0 Å². The van der Waals surface area contributed by atoms with E-state index in [9.17, 15) is 0 Å². The Morgan fingerprint density at radius 3 is 1.76 bits per heavy atom. The van der Waals surface area contributed by atoms with Crippen LogP contribution < -0.4 is 3.79 Å². The maximum Gasteiger partial charge on any atom is 0.522 e. The smallest absolute Gasteiger partial charge is 0.522 e. The molecular weight excluding hydrogens is 319 g/mol. The fourth-order valence-corrected chi connectivity index (χ4v) is 4.49. The van der Waals surface area contributed by atoms with Crippen LogP contribution >= 0.6 is 0 Å². The number of hydrogen-bond donors (Lipinski definition) is 0. The van der Waals surface area contributed by atoms with Gasteiger partial charge in [0.05, 0.1) is 5.75 Å². The van der Waals surface area contributed by atoms with E-state index in [-0.39, 0.29) is 10.8 Å². The van der Waals surface area contributed by atoms with Crippen LogP contribution in [0.3, 0.4) is 0 Å². The van der Waals surface area contributed by atoms with Gasteiger partial charge >= 0.3 is 15.6 Å². The van der Waals surface area contributed by atoms with Gasteiger partial charge in [-0.25, -0.2) is 0 Å². The predicted octanol–water partition coefficient (Wildman–Crippen LogP) is 7.10. The van der Waals surface area contributed by atoms with Crippen molar-refractivity contribution in [3.63, 3.8) is 0 Å². The molecule has 0 N–H and O–H groups in total. The van der Waals surface area contributed by atoms with Crippen molar-refractivity contribution in [3.8, 4) is 5.75 Å². The van der Waals surface area contributed by atoms with Gasteiger partial charge in [0.2, 0.25) is 0 Å². The number of unbranched alkanes of at least 4 members (excludes halogenated alkanes) is 5. The summed E-state index contributed by atoms with van der Waals surface area (Å²) in [5.41, 5.74) is 4.35. The highest BCUT2D eigenvalue weighted by Crippen LogP contribution is 2.40. The average Bonchev–Trinajstić information content (AvgIpc) is 2.48. The molecule has 0 atom stereocenters. The summed E-state index contributed by atoms with van der Waals surface area (Å²) in [6, 6.07) is 4.67. The molecule has 2 heteroatoms. The monoisotopic (exact) mass is 360 g/mol. The van der Waals surface area contributed by atoms with Crippen molar-refractivity contribution < 1.29 is 3.79 Å². The van der Waals surface area contributed by atoms with Gasteiger partial charge in [0.25, 0.3) is 0 Å². The second-order valence-electron chi connectivity index (χ2n) is 9.66. The van der Waals surface area contributed by atoms with E-state index in [0.29, 0.717) is 0 Å². The molecule has 142 valence electrons. The Morgan fingerprint density at radius 1 is 0.800 bits per heavy atom. The zero-order chi connectivity index (χ0) is 19.1. The molecule has 0 heterocycles. The molecule has 0 amide bonds. The summed E-state index contributed by atoms with van der Waals surface area (Å²) < 4.78 is 6.54. The SMILES string of the molecule is CCCCCCC[CH2][AlH][O]c1c(C(C)(C)C)cc(C)cc1C(C)(C)C. The van der Waals surface area contributed by atoms with Gasteiger partial charge in [-0.1, -0.05) is 110 Å². The molecule has 1 aromatic carbocycles. The van der Waals surface area contributed by atoms with Crippen LogP contribution in [0.25, 0.3) is 0 Å². The van der Waals surface area contributed by atoms with Gasteiger partial charge in [0, 0.05) is 0 Å². The van der Waals surface area contributed by atoms with Crippen molar-refractivity contribution in [1.29, 1.82) is 0 Å². The Labute approximate surface area is 164 Å². The largest absolute Gasteiger partial charge is 0.645 e. The molecule has 1 rings (SSSR count). The van der Waals surface area contributed by atoms with Crippen LogP contribution in [0.5, 0.6) is 5.75 Å². The summed E-state index contributed by atoms with van der Waals surface area (Å²) in [5, 5.41) is 1.30. The van der Waals surface area contributed by atoms with Crippen LogP contribution in [0.15, 0.2) is 12.1 Å². The molecule has 0 saturated carbocycles. The number of aryl methyl sites for hydroxylation is 1. The van der Waals surface area contributed by atoms with Crippen molar-refractivity contribution in [1.82, 2.24) is 0 Å². The first-order valence-electron chi connectivity index (χ1n) is 10.4. The summed E-state index contributed by atoms with van der Waals surface area (Å²) in [4.78, 5) is 0. The Kier molecular flexibility index (Phi) is 9.07. The molecule has 1 aromatic rings. The van der Waals surface area contributed by atoms with Crippen LogP contribution in [-0.4, -0.2) is 15.6 Å². The molecule has 0 unspecified atom stereocenters. The zero-order valence-corrected chi connectivity index (χ0v) is 19.6. The molecule has 0 fully saturated rings. The highest BCUT2D eigenvalue weighted by atomic mass is 27.1. The maximum atomic E-state index is 6.54. The van der Waals surface area contributed by atoms with E-state index in [4.69, 9.17) is 3.79 Å². The van der Waals surface area contributed by atoms with E-state index in [1.54, 1.807) is 0 Å². The van der Waals surface area contributed by atoms with Crippen molar-refractivity contribution >= 4 is 15.6 Å². The summed E-state index contributed by atoms with van der Waals surface area (Å²) in [5.74, 6) is 1.20. The van der Waals surface area contributed by atoms with Gasteiger partial charge in [-0.2, -0.15) is 0 Å². The van der Waals surface area contributed by atoms with Gasteiger partial charge in [0.1, 0.15) is 0 Å². The fraction of sp³-hybridized carbons (Fsp3) is 0.739. The lowest BCUT2D eigenvalue weighted by molar-refractivity contribution is 0.490. The minimum Gasteiger partial charge on any atom is -0.645 e. The Balaban J connectivity index is 2.79. The van der Waals surface area contributed by atoms with E-state index in [1.807, 2.05) is 0 Å². The summed E-state index contributed by atoms with van der Waals surface area (Å²) in [7, 11) is 0. The third-order valence-corrected chi connectivity index (χ3v) is 6.13. The Bertz CT molecular complexity index is 485. The second kappa shape index (κ2) is 10.0. The highest BCUT2D eigenvalue weighted by Gasteiger charge is 2.26. The molecule has 0 spiro atoms. The first-order valence-corrected chi connectivity index (χ1v) is 11.9. The van der Waals surface area contributed by atoms with Crippen LogP contribution in [-0.2, 0) is 10.8 Å². The molecular formula is C23H41AlO. The molecule has 0 bridgehead atoms. The molecule has 0 aliphatic heterocycles. The normalized spacial score (nSPS) is 12.3. The van der Waals surface area contributed by atoms with Crippen LogP contribution in [0.4, 0.5) is 0 Å². The molecule has 25 heavy (non-hydrogen) atoms. The molecule has 0 saturated heterocycles. The standard InChI is InChI=1S/C15H24O.C8H17.Al.H/c1-10-8-11(14(2,3)4)13(16)12(9-10)15(5,6)7;1-3-5-7-8-6-4-2;;/h8-9,16H,1-7H3;1,3-8H2,2H3;;/q;;+1;/p-1. The Morgan fingerprint density at radius 2 is 1.28 bits per heavy atom. The quantitative estimate of drug-likeness (QED) is 0.337. The van der Waals surface area contributed by atoms with E-state index in [1.165, 1.54) is 66.2 Å². The van der Waals surface area contributed by atoms with Crippen molar-refractivity contribution in [2.24, 2.45) is 0 Å².